The van der Waals surface area contributed by atoms with E-state index in [1.807, 2.05) is 6.07 Å². The number of piperidine rings is 3. The lowest BCUT2D eigenvalue weighted by Crippen LogP contribution is -3.21. The summed E-state index contributed by atoms with van der Waals surface area (Å²) in [5.74, 6) is 2.77. The molecular formula is C15H24N2O+2. The van der Waals surface area contributed by atoms with Crippen molar-refractivity contribution >= 4 is 0 Å². The van der Waals surface area contributed by atoms with E-state index >= 15 is 0 Å². The lowest BCUT2D eigenvalue weighted by atomic mass is 9.75. The lowest BCUT2D eigenvalue weighted by Gasteiger charge is -2.45. The van der Waals surface area contributed by atoms with Crippen LogP contribution in [0.3, 0.4) is 0 Å². The van der Waals surface area contributed by atoms with E-state index in [1.165, 1.54) is 32.5 Å². The van der Waals surface area contributed by atoms with Gasteiger partial charge in [-0.05, 0) is 18.1 Å². The molecule has 3 heteroatoms. The quantitative estimate of drug-likeness (QED) is 0.697. The molecule has 3 N–H and O–H groups in total. The molecular weight excluding hydrogens is 224 g/mol. The molecule has 4 atom stereocenters. The summed E-state index contributed by atoms with van der Waals surface area (Å²) in [7, 11) is 0. The molecule has 1 aromatic rings. The Bertz CT molecular complexity index is 387. The number of nitrogens with two attached hydrogens (primary N) is 1. The van der Waals surface area contributed by atoms with Gasteiger partial charge in [-0.25, -0.2) is 0 Å². The van der Waals surface area contributed by atoms with Crippen LogP contribution in [0.5, 0.6) is 0 Å². The van der Waals surface area contributed by atoms with Crippen LogP contribution in [0.1, 0.15) is 18.6 Å². The summed E-state index contributed by atoms with van der Waals surface area (Å²) in [5, 5.41) is 2.40. The summed E-state index contributed by atoms with van der Waals surface area (Å²) < 4.78 is 5.37. The average Bonchev–Trinajstić information content (AvgIpc) is 2.92. The van der Waals surface area contributed by atoms with Crippen molar-refractivity contribution < 1.29 is 14.6 Å². The standard InChI is InChI=1S/C15H22N2O/c1-2-12-11-17-6-5-13(12)8-14(17)9-16-10-15-4-3-7-18-15/h2-4,7,12-14,16H,1,5-6,8-11H2/p+2/t12-,13-,14+/m0/s1. The van der Waals surface area contributed by atoms with Gasteiger partial charge in [-0.2, -0.15) is 0 Å². The van der Waals surface area contributed by atoms with Gasteiger partial charge in [0.15, 0.2) is 5.76 Å². The number of rotatable bonds is 5. The van der Waals surface area contributed by atoms with E-state index in [9.17, 15) is 0 Å². The van der Waals surface area contributed by atoms with E-state index in [4.69, 9.17) is 4.42 Å². The molecule has 1 aromatic heterocycles. The van der Waals surface area contributed by atoms with E-state index < -0.39 is 0 Å². The molecule has 3 saturated heterocycles. The molecule has 98 valence electrons. The van der Waals surface area contributed by atoms with E-state index in [2.05, 4.69) is 24.0 Å². The zero-order valence-corrected chi connectivity index (χ0v) is 11.0. The second-order valence-corrected chi connectivity index (χ2v) is 5.80. The third kappa shape index (κ3) is 2.38. The minimum Gasteiger partial charge on any atom is -0.463 e. The van der Waals surface area contributed by atoms with Gasteiger partial charge < -0.3 is 14.6 Å². The summed E-state index contributed by atoms with van der Waals surface area (Å²) in [6.45, 7) is 8.88. The Hall–Kier alpha value is -1.06. The molecule has 0 aliphatic carbocycles. The van der Waals surface area contributed by atoms with Crippen molar-refractivity contribution in [2.24, 2.45) is 11.8 Å². The van der Waals surface area contributed by atoms with Crippen molar-refractivity contribution in [2.45, 2.75) is 25.4 Å². The average molecular weight is 248 g/mol. The number of hydrogen-bond acceptors (Lipinski definition) is 1. The summed E-state index contributed by atoms with van der Waals surface area (Å²) >= 11 is 0. The van der Waals surface area contributed by atoms with Crippen molar-refractivity contribution in [3.63, 3.8) is 0 Å². The Balaban J connectivity index is 1.48. The van der Waals surface area contributed by atoms with Gasteiger partial charge in [0.25, 0.3) is 0 Å². The van der Waals surface area contributed by atoms with Crippen molar-refractivity contribution in [3.8, 4) is 0 Å². The molecule has 4 rings (SSSR count). The Morgan fingerprint density at radius 1 is 1.56 bits per heavy atom. The highest BCUT2D eigenvalue weighted by Gasteiger charge is 2.42. The Morgan fingerprint density at radius 3 is 3.17 bits per heavy atom. The highest BCUT2D eigenvalue weighted by atomic mass is 16.3. The first-order valence-electron chi connectivity index (χ1n) is 7.18. The predicted molar refractivity (Wildman–Crippen MR) is 70.1 cm³/mol. The molecule has 18 heavy (non-hydrogen) atoms. The van der Waals surface area contributed by atoms with Crippen LogP contribution in [0.15, 0.2) is 35.5 Å². The van der Waals surface area contributed by atoms with Crippen LogP contribution < -0.4 is 10.2 Å². The fraction of sp³-hybridized carbons (Fsp3) is 0.600. The van der Waals surface area contributed by atoms with Crippen LogP contribution in [0.25, 0.3) is 0 Å². The monoisotopic (exact) mass is 248 g/mol. The largest absolute Gasteiger partial charge is 0.463 e. The third-order valence-corrected chi connectivity index (χ3v) is 4.78. The maximum absolute atomic E-state index is 5.37. The van der Waals surface area contributed by atoms with Gasteiger partial charge >= 0.3 is 0 Å². The number of nitrogens with one attached hydrogen (secondary N) is 1. The Morgan fingerprint density at radius 2 is 2.50 bits per heavy atom. The third-order valence-electron chi connectivity index (χ3n) is 4.78. The highest BCUT2D eigenvalue weighted by molar-refractivity contribution is 4.95. The van der Waals surface area contributed by atoms with E-state index in [0.717, 1.165) is 30.2 Å². The van der Waals surface area contributed by atoms with Gasteiger partial charge in [0.05, 0.1) is 19.4 Å². The number of quaternary nitrogens is 2. The lowest BCUT2D eigenvalue weighted by molar-refractivity contribution is -0.958. The number of hydrogen-bond donors (Lipinski definition) is 2. The highest BCUT2D eigenvalue weighted by Crippen LogP contribution is 2.26. The second-order valence-electron chi connectivity index (χ2n) is 5.80. The molecule has 4 heterocycles. The van der Waals surface area contributed by atoms with Crippen LogP contribution in [0.2, 0.25) is 0 Å². The van der Waals surface area contributed by atoms with Crippen LogP contribution in [-0.2, 0) is 6.54 Å². The van der Waals surface area contributed by atoms with Crippen molar-refractivity contribution in [1.82, 2.24) is 0 Å². The summed E-state index contributed by atoms with van der Waals surface area (Å²) in [6, 6.07) is 4.87. The van der Waals surface area contributed by atoms with Gasteiger partial charge in [-0.15, -0.1) is 6.58 Å². The zero-order chi connectivity index (χ0) is 12.4. The van der Waals surface area contributed by atoms with Gasteiger partial charge in [-0.1, -0.05) is 6.08 Å². The topological polar surface area (TPSA) is 34.2 Å². The fourth-order valence-electron chi connectivity index (χ4n) is 3.75. The normalized spacial score (nSPS) is 34.7. The first kappa shape index (κ1) is 12.0. The minimum absolute atomic E-state index is 0.773. The molecule has 0 radical (unpaired) electrons. The van der Waals surface area contributed by atoms with Gasteiger partial charge in [0.2, 0.25) is 0 Å². The first-order valence-corrected chi connectivity index (χ1v) is 7.18. The number of furan rings is 1. The molecule has 3 fully saturated rings. The van der Waals surface area contributed by atoms with Gasteiger partial charge in [0, 0.05) is 18.8 Å². The SMILES string of the molecule is C=C[C@H]1C[NH+]2CC[C@H]1C[C@@H]2C[NH2+]Cc1ccco1. The van der Waals surface area contributed by atoms with Gasteiger partial charge in [-0.3, -0.25) is 0 Å². The van der Waals surface area contributed by atoms with Crippen molar-refractivity contribution in [3.05, 3.63) is 36.8 Å². The van der Waals surface area contributed by atoms with Crippen molar-refractivity contribution in [1.29, 1.82) is 0 Å². The van der Waals surface area contributed by atoms with Crippen molar-refractivity contribution in [2.75, 3.05) is 19.6 Å². The summed E-state index contributed by atoms with van der Waals surface area (Å²) in [4.78, 5) is 1.80. The number of fused-ring (bicyclic) bond motifs is 3. The molecule has 3 aliphatic rings. The predicted octanol–water partition coefficient (Wildman–Crippen LogP) is -0.178. The van der Waals surface area contributed by atoms with Crippen LogP contribution in [0, 0.1) is 11.8 Å². The Labute approximate surface area is 109 Å². The van der Waals surface area contributed by atoms with Crippen LogP contribution in [-0.4, -0.2) is 25.7 Å². The summed E-state index contributed by atoms with van der Waals surface area (Å²) in [5.41, 5.74) is 0. The molecule has 1 unspecified atom stereocenters. The molecule has 0 amide bonds. The minimum atomic E-state index is 0.773. The fourth-order valence-corrected chi connectivity index (χ4v) is 3.75. The molecule has 2 bridgehead atoms. The molecule has 0 aromatic carbocycles. The first-order chi connectivity index (χ1) is 8.86. The second kappa shape index (κ2) is 5.29. The molecule has 0 saturated carbocycles. The van der Waals surface area contributed by atoms with Crippen LogP contribution >= 0.6 is 0 Å². The smallest absolute Gasteiger partial charge is 0.157 e. The Kier molecular flexibility index (Phi) is 3.52. The maximum atomic E-state index is 5.37. The summed E-state index contributed by atoms with van der Waals surface area (Å²) in [6.07, 6.45) is 6.74. The van der Waals surface area contributed by atoms with E-state index in [-0.39, 0.29) is 0 Å². The molecule has 3 aliphatic heterocycles. The van der Waals surface area contributed by atoms with E-state index in [1.54, 1.807) is 11.2 Å². The zero-order valence-electron chi connectivity index (χ0n) is 11.0. The van der Waals surface area contributed by atoms with Gasteiger partial charge in [0.1, 0.15) is 19.1 Å². The molecule has 3 nitrogen and oxygen atoms in total. The maximum Gasteiger partial charge on any atom is 0.157 e. The molecule has 0 spiro atoms. The van der Waals surface area contributed by atoms with Crippen LogP contribution in [0.4, 0.5) is 0 Å². The van der Waals surface area contributed by atoms with E-state index in [0.29, 0.717) is 0 Å².